The molecular formula is C9H14F3NO6S. The molecule has 20 heavy (non-hydrogen) atoms. The molecule has 0 radical (unpaired) electrons. The Labute approximate surface area is 113 Å². The third-order valence-corrected chi connectivity index (χ3v) is 3.36. The van der Waals surface area contributed by atoms with Crippen molar-refractivity contribution >= 4 is 16.4 Å². The fourth-order valence-corrected chi connectivity index (χ4v) is 2.47. The predicted octanol–water partition coefficient (Wildman–Crippen LogP) is 1.40. The fraction of sp³-hybridized carbons (Fsp3) is 0.889. The molecule has 1 fully saturated rings. The summed E-state index contributed by atoms with van der Waals surface area (Å²) in [5.74, 6) is 0. The molecule has 1 heterocycles. The van der Waals surface area contributed by atoms with Gasteiger partial charge < -0.3 is 4.74 Å². The first-order valence-electron chi connectivity index (χ1n) is 5.44. The van der Waals surface area contributed by atoms with Crippen molar-refractivity contribution in [2.75, 3.05) is 13.2 Å². The highest BCUT2D eigenvalue weighted by Crippen LogP contribution is 2.25. The van der Waals surface area contributed by atoms with Gasteiger partial charge in [0.1, 0.15) is 11.6 Å². The Morgan fingerprint density at radius 3 is 2.35 bits per heavy atom. The summed E-state index contributed by atoms with van der Waals surface area (Å²) in [5.41, 5.74) is -1.01. The molecule has 0 saturated carbocycles. The lowest BCUT2D eigenvalue weighted by molar-refractivity contribution is -0.327. The molecule has 0 aromatic heterocycles. The van der Waals surface area contributed by atoms with E-state index in [0.717, 1.165) is 0 Å². The third-order valence-electron chi connectivity index (χ3n) is 1.99. The van der Waals surface area contributed by atoms with Gasteiger partial charge in [-0.2, -0.15) is 12.7 Å². The molecule has 1 rings (SSSR count). The Bertz CT molecular complexity index is 469. The van der Waals surface area contributed by atoms with Crippen LogP contribution in [0.15, 0.2) is 0 Å². The van der Waals surface area contributed by atoms with Gasteiger partial charge in [-0.25, -0.2) is 4.79 Å². The van der Waals surface area contributed by atoms with Gasteiger partial charge in [-0.15, -0.1) is 13.2 Å². The topological polar surface area (TPSA) is 82.1 Å². The molecule has 1 aliphatic heterocycles. The van der Waals surface area contributed by atoms with Crippen LogP contribution in [0.3, 0.4) is 0 Å². The highest BCUT2D eigenvalue weighted by Gasteiger charge is 2.46. The predicted molar refractivity (Wildman–Crippen MR) is 58.7 cm³/mol. The molecule has 0 bridgehead atoms. The Hall–Kier alpha value is -1.07. The maximum Gasteiger partial charge on any atom is 0.522 e. The molecule has 0 aliphatic carbocycles. The zero-order valence-electron chi connectivity index (χ0n) is 10.9. The standard InChI is InChI=1S/C9H14F3NO6S/c1-8(2,3)19-7(14)13-6(4-17-9(10,11)12)5-18-20(13,15)16/h6H,4-5H2,1-3H3/t6-/m0/s1. The first-order valence-corrected chi connectivity index (χ1v) is 6.81. The van der Waals surface area contributed by atoms with Crippen molar-refractivity contribution in [1.82, 2.24) is 4.31 Å². The minimum absolute atomic E-state index is 0.115. The summed E-state index contributed by atoms with van der Waals surface area (Å²) in [5, 5.41) is 0. The van der Waals surface area contributed by atoms with Crippen LogP contribution in [0.2, 0.25) is 0 Å². The van der Waals surface area contributed by atoms with Gasteiger partial charge in [0.05, 0.1) is 13.2 Å². The first-order chi connectivity index (χ1) is 8.82. The number of hydrogen-bond acceptors (Lipinski definition) is 6. The number of alkyl halides is 3. The SMILES string of the molecule is CC(C)(C)OC(=O)N1[C@@H](COC(F)(F)F)COS1(=O)=O. The Balaban J connectivity index is 2.83. The second kappa shape index (κ2) is 5.37. The molecular weight excluding hydrogens is 307 g/mol. The van der Waals surface area contributed by atoms with Crippen LogP contribution in [-0.4, -0.2) is 50.0 Å². The van der Waals surface area contributed by atoms with E-state index in [1.807, 2.05) is 0 Å². The highest BCUT2D eigenvalue weighted by molar-refractivity contribution is 7.85. The van der Waals surface area contributed by atoms with Crippen LogP contribution in [0, 0.1) is 0 Å². The monoisotopic (exact) mass is 321 g/mol. The van der Waals surface area contributed by atoms with Gasteiger partial charge >= 0.3 is 22.8 Å². The number of ether oxygens (including phenoxy) is 2. The number of nitrogens with zero attached hydrogens (tertiary/aromatic N) is 1. The van der Waals surface area contributed by atoms with E-state index in [1.165, 1.54) is 20.8 Å². The number of carbonyl (C=O) groups excluding carboxylic acids is 1. The molecule has 7 nitrogen and oxygen atoms in total. The highest BCUT2D eigenvalue weighted by atomic mass is 32.2. The van der Waals surface area contributed by atoms with Crippen LogP contribution in [0.25, 0.3) is 0 Å². The van der Waals surface area contributed by atoms with Gasteiger partial charge in [-0.05, 0) is 20.8 Å². The Morgan fingerprint density at radius 2 is 1.90 bits per heavy atom. The largest absolute Gasteiger partial charge is 0.522 e. The first kappa shape index (κ1) is 17.0. The zero-order chi connectivity index (χ0) is 15.8. The summed E-state index contributed by atoms with van der Waals surface area (Å²) in [6.07, 6.45) is -6.25. The minimum atomic E-state index is -4.94. The van der Waals surface area contributed by atoms with Crippen LogP contribution >= 0.6 is 0 Å². The van der Waals surface area contributed by atoms with E-state index in [0.29, 0.717) is 0 Å². The Morgan fingerprint density at radius 1 is 1.35 bits per heavy atom. The van der Waals surface area contributed by atoms with Crippen molar-refractivity contribution in [2.45, 2.75) is 38.8 Å². The van der Waals surface area contributed by atoms with Crippen molar-refractivity contribution in [3.8, 4) is 0 Å². The van der Waals surface area contributed by atoms with E-state index >= 15 is 0 Å². The van der Waals surface area contributed by atoms with E-state index in [2.05, 4.69) is 8.92 Å². The average Bonchev–Trinajstić information content (AvgIpc) is 2.46. The van der Waals surface area contributed by atoms with Gasteiger partial charge in [-0.1, -0.05) is 0 Å². The summed E-state index contributed by atoms with van der Waals surface area (Å²) >= 11 is 0. The number of hydrogen-bond donors (Lipinski definition) is 0. The van der Waals surface area contributed by atoms with Crippen LogP contribution in [0.5, 0.6) is 0 Å². The summed E-state index contributed by atoms with van der Waals surface area (Å²) in [7, 11) is -4.46. The van der Waals surface area contributed by atoms with Crippen molar-refractivity contribution in [3.63, 3.8) is 0 Å². The summed E-state index contributed by atoms with van der Waals surface area (Å²) in [6, 6.07) is -1.43. The van der Waals surface area contributed by atoms with Crippen molar-refractivity contribution in [1.29, 1.82) is 0 Å². The lowest BCUT2D eigenvalue weighted by atomic mass is 10.2. The maximum absolute atomic E-state index is 12.0. The second-order valence-electron chi connectivity index (χ2n) is 4.93. The quantitative estimate of drug-likeness (QED) is 0.765. The van der Waals surface area contributed by atoms with E-state index in [4.69, 9.17) is 4.74 Å². The molecule has 11 heteroatoms. The van der Waals surface area contributed by atoms with Crippen LogP contribution < -0.4 is 0 Å². The lowest BCUT2D eigenvalue weighted by Crippen LogP contribution is -2.45. The van der Waals surface area contributed by atoms with Gasteiger partial charge in [0, 0.05) is 0 Å². The maximum atomic E-state index is 12.0. The van der Waals surface area contributed by atoms with E-state index < -0.39 is 47.6 Å². The second-order valence-corrected chi connectivity index (χ2v) is 6.41. The summed E-state index contributed by atoms with van der Waals surface area (Å²) in [6.45, 7) is 2.75. The molecule has 1 amide bonds. The van der Waals surface area contributed by atoms with Crippen molar-refractivity contribution in [2.24, 2.45) is 0 Å². The number of carbonyl (C=O) groups is 1. The molecule has 0 unspecified atom stereocenters. The molecule has 118 valence electrons. The van der Waals surface area contributed by atoms with E-state index in [1.54, 1.807) is 0 Å². The lowest BCUT2D eigenvalue weighted by Gasteiger charge is -2.25. The van der Waals surface area contributed by atoms with E-state index in [9.17, 15) is 26.4 Å². The van der Waals surface area contributed by atoms with Crippen LogP contribution in [0.4, 0.5) is 18.0 Å². The summed E-state index contributed by atoms with van der Waals surface area (Å²) in [4.78, 5) is 11.7. The van der Waals surface area contributed by atoms with Gasteiger partial charge in [0.25, 0.3) is 0 Å². The van der Waals surface area contributed by atoms with Crippen molar-refractivity contribution < 1.29 is 40.0 Å². The zero-order valence-corrected chi connectivity index (χ0v) is 11.7. The molecule has 1 saturated heterocycles. The van der Waals surface area contributed by atoms with Crippen LogP contribution in [-0.2, 0) is 24.0 Å². The van der Waals surface area contributed by atoms with Gasteiger partial charge in [0.15, 0.2) is 0 Å². The third kappa shape index (κ3) is 4.80. The molecule has 0 aromatic rings. The van der Waals surface area contributed by atoms with Crippen molar-refractivity contribution in [3.05, 3.63) is 0 Å². The normalized spacial score (nSPS) is 22.9. The van der Waals surface area contributed by atoms with Gasteiger partial charge in [0.2, 0.25) is 0 Å². The number of halogens is 3. The van der Waals surface area contributed by atoms with Gasteiger partial charge in [-0.3, -0.25) is 8.92 Å². The Kier molecular flexibility index (Phi) is 4.56. The molecule has 1 aliphatic rings. The number of amides is 1. The number of rotatable bonds is 2. The smallest absolute Gasteiger partial charge is 0.443 e. The van der Waals surface area contributed by atoms with Crippen LogP contribution in [0.1, 0.15) is 20.8 Å². The molecule has 0 aromatic carbocycles. The summed E-state index contributed by atoms with van der Waals surface area (Å²) < 4.78 is 71.6. The average molecular weight is 321 g/mol. The molecule has 1 atom stereocenters. The molecule has 0 N–H and O–H groups in total. The fourth-order valence-electron chi connectivity index (χ4n) is 1.33. The molecule has 0 spiro atoms. The minimum Gasteiger partial charge on any atom is -0.443 e. The van der Waals surface area contributed by atoms with E-state index in [-0.39, 0.29) is 4.31 Å².